The highest BCUT2D eigenvalue weighted by Crippen LogP contribution is 2.65. The van der Waals surface area contributed by atoms with E-state index < -0.39 is 62.2 Å². The van der Waals surface area contributed by atoms with Crippen molar-refractivity contribution in [2.24, 2.45) is 0 Å². The zero-order chi connectivity index (χ0) is 27.0. The highest BCUT2D eigenvalue weighted by molar-refractivity contribution is 7.88. The Morgan fingerprint density at radius 3 is 0.812 bits per heavy atom. The van der Waals surface area contributed by atoms with Gasteiger partial charge in [0.15, 0.2) is 0 Å². The molecule has 0 radical (unpaired) electrons. The molecule has 0 rings (SSSR count). The van der Waals surface area contributed by atoms with Crippen molar-refractivity contribution in [1.29, 1.82) is 0 Å². The van der Waals surface area contributed by atoms with Crippen LogP contribution in [0.25, 0.3) is 0 Å². The Morgan fingerprint density at radius 2 is 0.625 bits per heavy atom. The van der Waals surface area contributed by atoms with Gasteiger partial charge in [-0.15, -0.1) is 0 Å². The van der Waals surface area contributed by atoms with Gasteiger partial charge < -0.3 is 0 Å². The summed E-state index contributed by atoms with van der Waals surface area (Å²) in [7, 11) is -7.57. The Labute approximate surface area is 167 Å². The van der Waals surface area contributed by atoms with Crippen LogP contribution in [0.3, 0.4) is 0 Å². The topological polar surface area (TPSA) is 54.4 Å². The first-order valence-corrected chi connectivity index (χ1v) is 8.13. The third kappa shape index (κ3) is 3.54. The normalized spacial score (nSPS) is 18.5. The van der Waals surface area contributed by atoms with Crippen LogP contribution in [-0.4, -0.2) is 65.1 Å². The zero-order valence-corrected chi connectivity index (χ0v) is 14.9. The van der Waals surface area contributed by atoms with Crippen molar-refractivity contribution in [1.82, 2.24) is 0 Å². The highest BCUT2D eigenvalue weighted by Gasteiger charge is 2.97. The quantitative estimate of drug-likeness (QED) is 0.232. The monoisotopic (exact) mass is 566 g/mol. The average molecular weight is 567 g/mol. The van der Waals surface area contributed by atoms with Gasteiger partial charge in [-0.05, 0) is 0 Å². The van der Waals surface area contributed by atoms with E-state index in [2.05, 4.69) is 11.6 Å². The van der Waals surface area contributed by atoms with E-state index in [0.29, 0.717) is 0 Å². The Hall–Kier alpha value is -1.06. The van der Waals surface area contributed by atoms with Crippen LogP contribution < -0.4 is 0 Å². The van der Waals surface area contributed by atoms with E-state index in [4.69, 9.17) is 4.55 Å². The molecule has 0 bridgehead atoms. The van der Waals surface area contributed by atoms with Gasteiger partial charge in [0, 0.05) is 0 Å². The summed E-state index contributed by atoms with van der Waals surface area (Å²) >= 11 is 3.56. The summed E-state index contributed by atoms with van der Waals surface area (Å²) in [5.74, 6) is -61.0. The van der Waals surface area contributed by atoms with Crippen molar-refractivity contribution >= 4 is 21.7 Å². The number of halogens is 19. The molecule has 1 atom stereocenters. The first kappa shape index (κ1) is 30.9. The predicted molar refractivity (Wildman–Crippen MR) is 61.9 cm³/mol. The van der Waals surface area contributed by atoms with Crippen LogP contribution >= 0.6 is 11.6 Å². The van der Waals surface area contributed by atoms with E-state index in [-0.39, 0.29) is 0 Å². The molecule has 0 aromatic carbocycles. The second-order valence-electron chi connectivity index (χ2n) is 5.51. The molecule has 3 nitrogen and oxygen atoms in total. The molecular weight excluding hydrogens is 566 g/mol. The van der Waals surface area contributed by atoms with Crippen molar-refractivity contribution in [2.75, 3.05) is 0 Å². The van der Waals surface area contributed by atoms with Gasteiger partial charge in [0.1, 0.15) is 0 Å². The Bertz CT molecular complexity index is 827. The number of hydrogen-bond acceptors (Lipinski definition) is 2. The van der Waals surface area contributed by atoms with Gasteiger partial charge >= 0.3 is 62.2 Å². The fourth-order valence-corrected chi connectivity index (χ4v) is 2.08. The van der Waals surface area contributed by atoms with Crippen molar-refractivity contribution in [3.8, 4) is 0 Å². The second-order valence-corrected chi connectivity index (χ2v) is 7.77. The van der Waals surface area contributed by atoms with Crippen molar-refractivity contribution in [3.63, 3.8) is 0 Å². The number of rotatable bonds is 8. The molecule has 23 heteroatoms. The van der Waals surface area contributed by atoms with Crippen molar-refractivity contribution < 1.29 is 92.0 Å². The molecule has 1 N–H and O–H groups in total. The fourth-order valence-electron chi connectivity index (χ4n) is 1.51. The molecule has 0 aliphatic heterocycles. The van der Waals surface area contributed by atoms with E-state index >= 15 is 0 Å². The van der Waals surface area contributed by atoms with Crippen molar-refractivity contribution in [2.45, 2.75) is 52.1 Å². The lowest BCUT2D eigenvalue weighted by atomic mass is 9.89. The molecule has 0 aromatic heterocycles. The molecule has 0 spiro atoms. The largest absolute Gasteiger partial charge is 0.460 e. The summed E-state index contributed by atoms with van der Waals surface area (Å²) in [6, 6.07) is 0. The molecule has 0 saturated carbocycles. The first-order valence-electron chi connectivity index (χ1n) is 6.31. The smallest absolute Gasteiger partial charge is 0.282 e. The maximum absolute atomic E-state index is 13.3. The molecule has 1 unspecified atom stereocenters. The minimum atomic E-state index is -9.04. The average Bonchev–Trinajstić information content (AvgIpc) is 2.51. The van der Waals surface area contributed by atoms with Crippen LogP contribution in [0.2, 0.25) is 0 Å². The Kier molecular flexibility index (Phi) is 6.98. The lowest BCUT2D eigenvalue weighted by Gasteiger charge is -2.43. The summed E-state index contributed by atoms with van der Waals surface area (Å²) in [5.41, 5.74) is 0. The van der Waals surface area contributed by atoms with Crippen LogP contribution in [0.15, 0.2) is 0 Å². The Balaban J connectivity index is 7.06. The SMILES string of the molecule is O=S(=O)(O)C(F)(Cl)C(F)(F)C(F)(F)C(F)(F)C(F)(F)C(F)(F)C(F)(F)C(F)(F)C(F)(F)F. The molecule has 32 heavy (non-hydrogen) atoms. The fraction of sp³-hybridized carbons (Fsp3) is 1.00. The van der Waals surface area contributed by atoms with Gasteiger partial charge in [-0.2, -0.15) is 87.4 Å². The first-order chi connectivity index (χ1) is 13.2. The predicted octanol–water partition coefficient (Wildman–Crippen LogP) is 5.75. The van der Waals surface area contributed by atoms with E-state index in [9.17, 15) is 87.4 Å². The summed E-state index contributed by atoms with van der Waals surface area (Å²) in [6.45, 7) is 0. The summed E-state index contributed by atoms with van der Waals surface area (Å²) in [4.78, 5) is 0. The van der Waals surface area contributed by atoms with E-state index in [1.165, 1.54) is 0 Å². The van der Waals surface area contributed by atoms with E-state index in [1.54, 1.807) is 0 Å². The third-order valence-corrected chi connectivity index (χ3v) is 5.14. The van der Waals surface area contributed by atoms with E-state index in [1.807, 2.05) is 0 Å². The van der Waals surface area contributed by atoms with Crippen LogP contribution in [-0.2, 0) is 10.1 Å². The molecular formula is C9HClF18O3S. The summed E-state index contributed by atoms with van der Waals surface area (Å²) in [5, 5.41) is 0. The highest BCUT2D eigenvalue weighted by atomic mass is 35.5. The molecule has 194 valence electrons. The molecule has 0 fully saturated rings. The minimum absolute atomic E-state index is 3.56. The molecule has 0 amide bonds. The van der Waals surface area contributed by atoms with Crippen LogP contribution in [0.4, 0.5) is 79.0 Å². The minimum Gasteiger partial charge on any atom is -0.282 e. The maximum atomic E-state index is 13.3. The molecule has 0 heterocycles. The van der Waals surface area contributed by atoms with Gasteiger partial charge in [-0.25, -0.2) is 0 Å². The summed E-state index contributed by atoms with van der Waals surface area (Å²) < 4.78 is 253. The van der Waals surface area contributed by atoms with Crippen LogP contribution in [0.5, 0.6) is 0 Å². The molecule has 0 aromatic rings. The third-order valence-electron chi connectivity index (χ3n) is 3.41. The standard InChI is InChI=1S/C9HClF18O3S/c10-8(25,32(29,30)31)6(21,22)4(17,18)2(13,14)1(11,12)3(15,16)5(19,20)7(23,24)9(26,27)28/h(H,29,30,31). The maximum Gasteiger partial charge on any atom is 0.460 e. The number of hydrogen-bond donors (Lipinski definition) is 1. The van der Waals surface area contributed by atoms with Crippen molar-refractivity contribution in [3.05, 3.63) is 0 Å². The second kappa shape index (κ2) is 7.22. The molecule has 0 aliphatic carbocycles. The lowest BCUT2D eigenvalue weighted by Crippen LogP contribution is -2.76. The van der Waals surface area contributed by atoms with E-state index in [0.717, 1.165) is 0 Å². The van der Waals surface area contributed by atoms with Gasteiger partial charge in [-0.1, -0.05) is 11.6 Å². The number of alkyl halides is 19. The Morgan fingerprint density at radius 1 is 0.438 bits per heavy atom. The van der Waals surface area contributed by atoms with Crippen LogP contribution in [0.1, 0.15) is 0 Å². The van der Waals surface area contributed by atoms with Crippen LogP contribution in [0, 0.1) is 0 Å². The van der Waals surface area contributed by atoms with Gasteiger partial charge in [0.25, 0.3) is 0 Å². The zero-order valence-electron chi connectivity index (χ0n) is 13.4. The van der Waals surface area contributed by atoms with Gasteiger partial charge in [0.2, 0.25) is 0 Å². The van der Waals surface area contributed by atoms with Gasteiger partial charge in [0.05, 0.1) is 0 Å². The molecule has 0 aliphatic rings. The lowest BCUT2D eigenvalue weighted by molar-refractivity contribution is -0.463. The summed E-state index contributed by atoms with van der Waals surface area (Å²) in [6.07, 6.45) is -7.95. The van der Waals surface area contributed by atoms with Gasteiger partial charge in [-0.3, -0.25) is 4.55 Å². The molecule has 0 saturated heterocycles.